The minimum absolute atomic E-state index is 1.47. The van der Waals surface area contributed by atoms with Gasteiger partial charge in [-0.2, -0.15) is 0 Å². The van der Waals surface area contributed by atoms with Gasteiger partial charge in [0.15, 0.2) is 0 Å². The molecule has 0 saturated heterocycles. The van der Waals surface area contributed by atoms with Crippen molar-refractivity contribution in [2.45, 2.75) is 0 Å². The van der Waals surface area contributed by atoms with E-state index in [2.05, 4.69) is 0 Å². The predicted octanol–water partition coefficient (Wildman–Crippen LogP) is 1.10. The quantitative estimate of drug-likeness (QED) is 0.522. The summed E-state index contributed by atoms with van der Waals surface area (Å²) in [6, 6.07) is 0. The molecule has 0 aliphatic heterocycles. The van der Waals surface area contributed by atoms with Crippen molar-refractivity contribution in [1.29, 1.82) is 0 Å². The van der Waals surface area contributed by atoms with Crippen LogP contribution in [0.5, 0.6) is 0 Å². The first-order valence-electron chi connectivity index (χ1n) is 2.36. The molecule has 8 heavy (non-hydrogen) atoms. The lowest BCUT2D eigenvalue weighted by Gasteiger charge is -2.05. The summed E-state index contributed by atoms with van der Waals surface area (Å²) in [5.41, 5.74) is 0. The smallest absolute Gasteiger partial charge is 0.0316 e. The van der Waals surface area contributed by atoms with Crippen molar-refractivity contribution in [1.82, 2.24) is 9.32 Å². The molecule has 0 aromatic heterocycles. The number of halogens is 1. The zero-order chi connectivity index (χ0) is 6.57. The number of rotatable bonds is 2. The van der Waals surface area contributed by atoms with Gasteiger partial charge in [-0.05, 0) is 0 Å². The number of nitrogens with zero attached hydrogens (tertiary/aromatic N) is 2. The monoisotopic (exact) mass is 134 g/mol. The molecule has 0 unspecified atom stereocenters. The summed E-state index contributed by atoms with van der Waals surface area (Å²) in [5.74, 6) is 0. The van der Waals surface area contributed by atoms with Gasteiger partial charge in [0, 0.05) is 45.3 Å². The average Bonchev–Trinajstić information content (AvgIpc) is 1.61. The number of hydrogen-bond acceptors (Lipinski definition) is 2. The molecule has 0 heterocycles. The molecule has 0 aromatic rings. The molecule has 0 amide bonds. The molecular formula is C5H11ClN2. The van der Waals surface area contributed by atoms with E-state index in [0.717, 1.165) is 0 Å². The minimum Gasteiger partial charge on any atom is -0.382 e. The van der Waals surface area contributed by atoms with Gasteiger partial charge in [-0.25, -0.2) is 0 Å². The zero-order valence-electron chi connectivity index (χ0n) is 5.43. The van der Waals surface area contributed by atoms with Crippen molar-refractivity contribution < 1.29 is 0 Å². The Morgan fingerprint density at radius 2 is 1.62 bits per heavy atom. The molecule has 0 bridgehead atoms. The highest BCUT2D eigenvalue weighted by Gasteiger charge is 1.77. The van der Waals surface area contributed by atoms with E-state index < -0.39 is 0 Å². The Morgan fingerprint density at radius 1 is 1.12 bits per heavy atom. The van der Waals surface area contributed by atoms with E-state index in [0.29, 0.717) is 0 Å². The van der Waals surface area contributed by atoms with Crippen molar-refractivity contribution >= 4 is 11.8 Å². The van der Waals surface area contributed by atoms with E-state index in [9.17, 15) is 0 Å². The summed E-state index contributed by atoms with van der Waals surface area (Å²) in [5, 5.41) is 0. The summed E-state index contributed by atoms with van der Waals surface area (Å²) in [4.78, 5) is 1.92. The Morgan fingerprint density at radius 3 is 1.75 bits per heavy atom. The first-order chi connectivity index (χ1) is 3.63. The summed E-state index contributed by atoms with van der Waals surface area (Å²) in [6.07, 6.45) is 3.63. The van der Waals surface area contributed by atoms with Crippen LogP contribution in [0.1, 0.15) is 0 Å². The van der Waals surface area contributed by atoms with E-state index in [1.54, 1.807) is 13.2 Å². The molecule has 0 rings (SSSR count). The van der Waals surface area contributed by atoms with Crippen LogP contribution in [0.15, 0.2) is 12.4 Å². The Kier molecular flexibility index (Phi) is 3.44. The van der Waals surface area contributed by atoms with Gasteiger partial charge in [0.25, 0.3) is 0 Å². The molecule has 0 atom stereocenters. The van der Waals surface area contributed by atoms with E-state index in [-0.39, 0.29) is 0 Å². The largest absolute Gasteiger partial charge is 0.382 e. The van der Waals surface area contributed by atoms with Gasteiger partial charge in [-0.15, -0.1) is 0 Å². The second-order valence-corrected chi connectivity index (χ2v) is 2.32. The van der Waals surface area contributed by atoms with Crippen LogP contribution in [-0.2, 0) is 0 Å². The Hall–Kier alpha value is -0.370. The van der Waals surface area contributed by atoms with Crippen LogP contribution in [-0.4, -0.2) is 30.5 Å². The summed E-state index contributed by atoms with van der Waals surface area (Å²) in [7, 11) is 5.65. The Bertz CT molecular complexity index is 68.5. The van der Waals surface area contributed by atoms with Crippen LogP contribution in [0.3, 0.4) is 0 Å². The number of hydrogen-bond donors (Lipinski definition) is 0. The summed E-state index contributed by atoms with van der Waals surface area (Å²) < 4.78 is 1.47. The van der Waals surface area contributed by atoms with Gasteiger partial charge >= 0.3 is 0 Å². The lowest BCUT2D eigenvalue weighted by molar-refractivity contribution is 0.550. The lowest BCUT2D eigenvalue weighted by atomic mass is 10.8. The SMILES string of the molecule is CN(C)/C=C\N(C)Cl. The van der Waals surface area contributed by atoms with Crippen molar-refractivity contribution in [2.75, 3.05) is 21.1 Å². The minimum atomic E-state index is 1.47. The second-order valence-electron chi connectivity index (χ2n) is 1.79. The van der Waals surface area contributed by atoms with Crippen LogP contribution in [0.4, 0.5) is 0 Å². The van der Waals surface area contributed by atoms with Gasteiger partial charge in [0.2, 0.25) is 0 Å². The van der Waals surface area contributed by atoms with Crippen molar-refractivity contribution in [3.05, 3.63) is 12.4 Å². The third-order valence-corrected chi connectivity index (χ3v) is 0.683. The maximum absolute atomic E-state index is 5.44. The van der Waals surface area contributed by atoms with E-state index >= 15 is 0 Å². The van der Waals surface area contributed by atoms with Crippen molar-refractivity contribution in [3.8, 4) is 0 Å². The standard InChI is InChI=1S/C5H11ClN2/c1-7(2)4-5-8(3)6/h4-5H,1-3H3/b5-4-. The van der Waals surface area contributed by atoms with Gasteiger partial charge in [0.05, 0.1) is 0 Å². The van der Waals surface area contributed by atoms with Gasteiger partial charge < -0.3 is 4.90 Å². The van der Waals surface area contributed by atoms with Gasteiger partial charge in [-0.1, -0.05) is 0 Å². The molecule has 0 aromatic carbocycles. The van der Waals surface area contributed by atoms with E-state index in [1.807, 2.05) is 25.2 Å². The molecule has 48 valence electrons. The van der Waals surface area contributed by atoms with E-state index in [4.69, 9.17) is 11.8 Å². The van der Waals surface area contributed by atoms with Gasteiger partial charge in [-0.3, -0.25) is 4.42 Å². The highest BCUT2D eigenvalue weighted by molar-refractivity contribution is 6.13. The fraction of sp³-hybridized carbons (Fsp3) is 0.600. The fourth-order valence-corrected chi connectivity index (χ4v) is 0.276. The molecule has 0 fully saturated rings. The van der Waals surface area contributed by atoms with Crippen molar-refractivity contribution in [2.24, 2.45) is 0 Å². The third-order valence-electron chi connectivity index (χ3n) is 0.570. The molecule has 0 aliphatic carbocycles. The molecule has 2 nitrogen and oxygen atoms in total. The second kappa shape index (κ2) is 3.61. The molecule has 0 radical (unpaired) electrons. The zero-order valence-corrected chi connectivity index (χ0v) is 6.18. The topological polar surface area (TPSA) is 6.48 Å². The van der Waals surface area contributed by atoms with Crippen LogP contribution >= 0.6 is 11.8 Å². The fourth-order valence-electron chi connectivity index (χ4n) is 0.225. The lowest BCUT2D eigenvalue weighted by Crippen LogP contribution is -2.03. The normalized spacial score (nSPS) is 10.0. The highest BCUT2D eigenvalue weighted by Crippen LogP contribution is 1.88. The maximum Gasteiger partial charge on any atom is 0.0316 e. The van der Waals surface area contributed by atoms with Crippen LogP contribution in [0.25, 0.3) is 0 Å². The van der Waals surface area contributed by atoms with E-state index in [1.165, 1.54) is 4.42 Å². The van der Waals surface area contributed by atoms with Crippen LogP contribution < -0.4 is 0 Å². The Labute approximate surface area is 55.4 Å². The molecule has 0 saturated carbocycles. The molecule has 0 spiro atoms. The van der Waals surface area contributed by atoms with Crippen LogP contribution in [0.2, 0.25) is 0 Å². The van der Waals surface area contributed by atoms with Crippen molar-refractivity contribution in [3.63, 3.8) is 0 Å². The third kappa shape index (κ3) is 5.63. The molecule has 3 heteroatoms. The molecule has 0 aliphatic rings. The first-order valence-corrected chi connectivity index (χ1v) is 2.70. The van der Waals surface area contributed by atoms with Crippen LogP contribution in [0, 0.1) is 0 Å². The molecule has 0 N–H and O–H groups in total. The Balaban J connectivity index is 3.34. The highest BCUT2D eigenvalue weighted by atomic mass is 35.5. The van der Waals surface area contributed by atoms with Gasteiger partial charge in [0.1, 0.15) is 0 Å². The predicted molar refractivity (Wildman–Crippen MR) is 36.4 cm³/mol. The summed E-state index contributed by atoms with van der Waals surface area (Å²) in [6.45, 7) is 0. The average molecular weight is 135 g/mol. The summed E-state index contributed by atoms with van der Waals surface area (Å²) >= 11 is 5.44. The maximum atomic E-state index is 5.44. The molecular weight excluding hydrogens is 124 g/mol. The first kappa shape index (κ1) is 7.63.